The van der Waals surface area contributed by atoms with Crippen LogP contribution in [0.4, 0.5) is 5.69 Å². The highest BCUT2D eigenvalue weighted by Crippen LogP contribution is 2.23. The number of hydrogen-bond acceptors (Lipinski definition) is 8. The van der Waals surface area contributed by atoms with Crippen LogP contribution in [0.2, 0.25) is 0 Å². The van der Waals surface area contributed by atoms with E-state index in [2.05, 4.69) is 25.9 Å². The van der Waals surface area contributed by atoms with Gasteiger partial charge in [-0.2, -0.15) is 0 Å². The molecule has 1 fully saturated rings. The number of hydrogen-bond donors (Lipinski definition) is 3. The molecule has 0 aliphatic carbocycles. The lowest BCUT2D eigenvalue weighted by atomic mass is 10.1. The number of anilines is 1. The molecule has 32 heavy (non-hydrogen) atoms. The maximum Gasteiger partial charge on any atom is 0.277 e. The highest BCUT2D eigenvalue weighted by atomic mass is 16.2. The second-order valence-corrected chi connectivity index (χ2v) is 7.47. The average molecular weight is 438 g/mol. The third-order valence-electron chi connectivity index (χ3n) is 5.24. The van der Waals surface area contributed by atoms with Gasteiger partial charge < -0.3 is 11.1 Å². The van der Waals surface area contributed by atoms with Gasteiger partial charge in [0.15, 0.2) is 5.69 Å². The Bertz CT molecular complexity index is 1280. The topological polar surface area (TPSA) is 167 Å². The van der Waals surface area contributed by atoms with Crippen LogP contribution >= 0.6 is 0 Å². The van der Waals surface area contributed by atoms with Crippen molar-refractivity contribution in [2.45, 2.75) is 38.8 Å². The van der Waals surface area contributed by atoms with Crippen LogP contribution in [0.5, 0.6) is 0 Å². The van der Waals surface area contributed by atoms with E-state index >= 15 is 0 Å². The monoisotopic (exact) mass is 438 g/mol. The lowest BCUT2D eigenvalue weighted by Crippen LogP contribution is -2.45. The molecule has 166 valence electrons. The number of fused-ring (bicyclic) bond motifs is 1. The molecule has 2 aromatic heterocycles. The zero-order valence-corrected chi connectivity index (χ0v) is 17.4. The Morgan fingerprint density at radius 3 is 2.88 bits per heavy atom. The van der Waals surface area contributed by atoms with Crippen molar-refractivity contribution in [3.8, 4) is 0 Å². The Kier molecular flexibility index (Phi) is 5.77. The minimum Gasteiger partial charge on any atom is -0.330 e. The molecule has 12 heteroatoms. The summed E-state index contributed by atoms with van der Waals surface area (Å²) in [5.41, 5.74) is 5.80. The van der Waals surface area contributed by atoms with E-state index in [1.54, 1.807) is 25.1 Å². The van der Waals surface area contributed by atoms with Crippen LogP contribution in [0.15, 0.2) is 29.2 Å². The molecule has 3 amide bonds. The van der Waals surface area contributed by atoms with Gasteiger partial charge in [0, 0.05) is 13.0 Å². The summed E-state index contributed by atoms with van der Waals surface area (Å²) in [7, 11) is 0. The molecule has 4 N–H and O–H groups in total. The average Bonchev–Trinajstić information content (AvgIpc) is 3.23. The van der Waals surface area contributed by atoms with Crippen molar-refractivity contribution in [3.05, 3.63) is 46.3 Å². The van der Waals surface area contributed by atoms with E-state index in [1.807, 2.05) is 0 Å². The molecule has 3 aromatic rings. The van der Waals surface area contributed by atoms with Gasteiger partial charge in [0.25, 0.3) is 11.5 Å². The van der Waals surface area contributed by atoms with Gasteiger partial charge in [-0.25, -0.2) is 4.98 Å². The Morgan fingerprint density at radius 1 is 1.31 bits per heavy atom. The maximum absolute atomic E-state index is 13.2. The smallest absolute Gasteiger partial charge is 0.277 e. The quantitative estimate of drug-likeness (QED) is 0.448. The van der Waals surface area contributed by atoms with Crippen molar-refractivity contribution in [3.63, 3.8) is 0 Å². The van der Waals surface area contributed by atoms with E-state index in [1.165, 1.54) is 15.4 Å². The first-order valence-electron chi connectivity index (χ1n) is 10.2. The first-order chi connectivity index (χ1) is 15.4. The Balaban J connectivity index is 1.66. The number of nitrogens with two attached hydrogens (primary N) is 1. The summed E-state index contributed by atoms with van der Waals surface area (Å²) in [5.74, 6) is -1.10. The van der Waals surface area contributed by atoms with Gasteiger partial charge >= 0.3 is 0 Å². The summed E-state index contributed by atoms with van der Waals surface area (Å²) in [6, 6.07) is 3.99. The number of nitrogens with zero attached hydrogens (tertiary/aromatic N) is 5. The zero-order chi connectivity index (χ0) is 22.8. The zero-order valence-electron chi connectivity index (χ0n) is 17.4. The first kappa shape index (κ1) is 21.3. The lowest BCUT2D eigenvalue weighted by molar-refractivity contribution is -0.135. The van der Waals surface area contributed by atoms with Crippen molar-refractivity contribution < 1.29 is 14.4 Å². The van der Waals surface area contributed by atoms with E-state index in [4.69, 9.17) is 5.73 Å². The fourth-order valence-corrected chi connectivity index (χ4v) is 3.68. The van der Waals surface area contributed by atoms with Crippen LogP contribution in [-0.4, -0.2) is 48.8 Å². The number of carbonyl (C=O) groups is 3. The minimum atomic E-state index is -0.820. The highest BCUT2D eigenvalue weighted by Gasteiger charge is 2.30. The predicted molar refractivity (Wildman–Crippen MR) is 114 cm³/mol. The molecule has 1 unspecified atom stereocenters. The number of benzene rings is 1. The largest absolute Gasteiger partial charge is 0.330 e. The van der Waals surface area contributed by atoms with Gasteiger partial charge in [-0.15, -0.1) is 5.10 Å². The predicted octanol–water partition coefficient (Wildman–Crippen LogP) is -0.125. The standard InChI is InChI=1S/C20H22N8O4/c1-11-22-17-12(20(32)28(11)15-6-7-16(29)24-19(15)31)4-2-5-13(17)23-18(30)14-10-27(26-25-14)9-3-8-21/h2,4-5,10,15H,3,6-9,21H2,1H3,(H,23,30)(H,24,29,31). The molecule has 1 aliphatic rings. The molecule has 1 saturated heterocycles. The number of para-hydroxylation sites is 1. The molecule has 1 aromatic carbocycles. The fourth-order valence-electron chi connectivity index (χ4n) is 3.68. The molecular formula is C20H22N8O4. The number of aromatic nitrogens is 5. The minimum absolute atomic E-state index is 0.118. The molecule has 4 rings (SSSR count). The van der Waals surface area contributed by atoms with Crippen LogP contribution in [0.3, 0.4) is 0 Å². The highest BCUT2D eigenvalue weighted by molar-refractivity contribution is 6.07. The molecule has 0 bridgehead atoms. The van der Waals surface area contributed by atoms with Crippen LogP contribution in [0.25, 0.3) is 10.9 Å². The first-order valence-corrected chi connectivity index (χ1v) is 10.2. The van der Waals surface area contributed by atoms with E-state index in [0.717, 1.165) is 0 Å². The number of aryl methyl sites for hydroxylation is 2. The maximum atomic E-state index is 13.2. The third kappa shape index (κ3) is 3.99. The van der Waals surface area contributed by atoms with Crippen molar-refractivity contribution in [1.29, 1.82) is 0 Å². The lowest BCUT2D eigenvalue weighted by Gasteiger charge is -2.24. The Labute approximate surface area is 181 Å². The van der Waals surface area contributed by atoms with Gasteiger partial charge in [-0.3, -0.25) is 33.7 Å². The van der Waals surface area contributed by atoms with E-state index in [0.29, 0.717) is 36.5 Å². The number of rotatable bonds is 6. The van der Waals surface area contributed by atoms with Crippen molar-refractivity contribution in [1.82, 2.24) is 29.9 Å². The van der Waals surface area contributed by atoms with Crippen molar-refractivity contribution >= 4 is 34.3 Å². The molecule has 12 nitrogen and oxygen atoms in total. The van der Waals surface area contributed by atoms with Crippen LogP contribution in [0, 0.1) is 6.92 Å². The Hall–Kier alpha value is -3.93. The number of nitrogens with one attached hydrogen (secondary N) is 2. The summed E-state index contributed by atoms with van der Waals surface area (Å²) >= 11 is 0. The third-order valence-corrected chi connectivity index (χ3v) is 5.24. The van der Waals surface area contributed by atoms with E-state index in [-0.39, 0.29) is 29.8 Å². The number of carbonyl (C=O) groups excluding carboxylic acids is 3. The van der Waals surface area contributed by atoms with Crippen LogP contribution < -0.4 is 21.9 Å². The summed E-state index contributed by atoms with van der Waals surface area (Å²) in [6.07, 6.45) is 2.58. The molecule has 0 spiro atoms. The normalized spacial score (nSPS) is 16.2. The summed E-state index contributed by atoms with van der Waals surface area (Å²) in [5, 5.41) is 13.0. The van der Waals surface area contributed by atoms with Crippen LogP contribution in [-0.2, 0) is 16.1 Å². The molecule has 1 aliphatic heterocycles. The second-order valence-electron chi connectivity index (χ2n) is 7.47. The number of imide groups is 1. The van der Waals surface area contributed by atoms with Gasteiger partial charge in [0.1, 0.15) is 17.4 Å². The van der Waals surface area contributed by atoms with Gasteiger partial charge in [-0.1, -0.05) is 11.3 Å². The fraction of sp³-hybridized carbons (Fsp3) is 0.350. The summed E-state index contributed by atoms with van der Waals surface area (Å²) < 4.78 is 2.82. The van der Waals surface area contributed by atoms with E-state index < -0.39 is 23.4 Å². The SMILES string of the molecule is Cc1nc2c(NC(=O)c3cn(CCCN)nn3)cccc2c(=O)n1C1CCC(=O)NC1=O. The second kappa shape index (κ2) is 8.67. The van der Waals surface area contributed by atoms with Crippen LogP contribution in [0.1, 0.15) is 41.6 Å². The molecule has 0 saturated carbocycles. The number of amides is 3. The van der Waals surface area contributed by atoms with Gasteiger partial charge in [0.2, 0.25) is 11.8 Å². The molecular weight excluding hydrogens is 416 g/mol. The van der Waals surface area contributed by atoms with Gasteiger partial charge in [-0.05, 0) is 38.4 Å². The number of piperidine rings is 1. The Morgan fingerprint density at radius 2 is 2.12 bits per heavy atom. The molecule has 3 heterocycles. The van der Waals surface area contributed by atoms with E-state index in [9.17, 15) is 19.2 Å². The van der Waals surface area contributed by atoms with Crippen molar-refractivity contribution in [2.75, 3.05) is 11.9 Å². The summed E-state index contributed by atoms with van der Waals surface area (Å²) in [6.45, 7) is 2.65. The van der Waals surface area contributed by atoms with Gasteiger partial charge in [0.05, 0.1) is 17.3 Å². The van der Waals surface area contributed by atoms with Crippen molar-refractivity contribution in [2.24, 2.45) is 5.73 Å². The molecule has 0 radical (unpaired) electrons. The molecule has 1 atom stereocenters. The summed E-state index contributed by atoms with van der Waals surface area (Å²) in [4.78, 5) is 54.1.